The van der Waals surface area contributed by atoms with Crippen LogP contribution in [-0.4, -0.2) is 12.1 Å². The molecule has 0 bridgehead atoms. The molecule has 1 aromatic heterocycles. The summed E-state index contributed by atoms with van der Waals surface area (Å²) in [5.74, 6) is 0.667. The molecule has 1 heterocycles. The number of rotatable bonds is 4. The minimum Gasteiger partial charge on any atom is -0.378 e. The number of ether oxygens (including phenoxy) is 1. The second-order valence-corrected chi connectivity index (χ2v) is 5.27. The molecular weight excluding hydrogens is 274 g/mol. The zero-order chi connectivity index (χ0) is 12.3. The summed E-state index contributed by atoms with van der Waals surface area (Å²) < 4.78 is 5.13. The molecule has 0 saturated carbocycles. The Kier molecular flexibility index (Phi) is 4.45. The number of thiol groups is 1. The first-order valence-corrected chi connectivity index (χ1v) is 6.92. The molecule has 1 aromatic carbocycles. The van der Waals surface area contributed by atoms with E-state index < -0.39 is 0 Å². The van der Waals surface area contributed by atoms with Crippen molar-refractivity contribution in [2.24, 2.45) is 0 Å². The normalized spacial score (nSPS) is 10.8. The fourth-order valence-corrected chi connectivity index (χ4v) is 3.13. The van der Waals surface area contributed by atoms with Gasteiger partial charge >= 0.3 is 0 Å². The van der Waals surface area contributed by atoms with Crippen LogP contribution in [0, 0.1) is 0 Å². The highest BCUT2D eigenvalue weighted by molar-refractivity contribution is 7.79. The third-order valence-corrected chi connectivity index (χ3v) is 4.30. The number of nitrogens with zero attached hydrogens (tertiary/aromatic N) is 1. The number of benzene rings is 1. The van der Waals surface area contributed by atoms with Gasteiger partial charge in [0.25, 0.3) is 0 Å². The van der Waals surface area contributed by atoms with Crippen LogP contribution in [0.5, 0.6) is 0 Å². The van der Waals surface area contributed by atoms with E-state index in [0.717, 1.165) is 26.2 Å². The highest BCUT2D eigenvalue weighted by Crippen LogP contribution is 2.33. The Morgan fingerprint density at radius 3 is 2.82 bits per heavy atom. The summed E-state index contributed by atoms with van der Waals surface area (Å²) in [6, 6.07) is 7.71. The summed E-state index contributed by atoms with van der Waals surface area (Å²) in [7, 11) is 1.66. The molecule has 5 heteroatoms. The third kappa shape index (κ3) is 2.83. The monoisotopic (exact) mass is 285 g/mol. The molecular formula is C12H12ClNOS2. The van der Waals surface area contributed by atoms with Crippen LogP contribution in [0.4, 0.5) is 0 Å². The standard InChI is InChI=1S/C12H12ClNOS2/c1-15-6-10-11(7-16)17-12(14-10)8-4-2-3-5-9(8)13/h2-5,16H,6-7H2,1H3. The van der Waals surface area contributed by atoms with Gasteiger partial charge in [0.2, 0.25) is 0 Å². The van der Waals surface area contributed by atoms with Crippen molar-refractivity contribution in [1.82, 2.24) is 4.98 Å². The van der Waals surface area contributed by atoms with Crippen LogP contribution in [0.2, 0.25) is 5.02 Å². The number of hydrogen-bond acceptors (Lipinski definition) is 4. The van der Waals surface area contributed by atoms with Gasteiger partial charge in [-0.1, -0.05) is 29.8 Å². The molecule has 0 aliphatic heterocycles. The van der Waals surface area contributed by atoms with Crippen LogP contribution in [0.15, 0.2) is 24.3 Å². The molecule has 2 rings (SSSR count). The van der Waals surface area contributed by atoms with E-state index in [1.165, 1.54) is 0 Å². The quantitative estimate of drug-likeness (QED) is 0.857. The van der Waals surface area contributed by atoms with Crippen LogP contribution in [0.3, 0.4) is 0 Å². The molecule has 0 saturated heterocycles. The Hall–Kier alpha value is -0.550. The Morgan fingerprint density at radius 2 is 2.18 bits per heavy atom. The van der Waals surface area contributed by atoms with E-state index in [9.17, 15) is 0 Å². The Bertz CT molecular complexity index is 513. The minimum atomic E-state index is 0.511. The first-order chi connectivity index (χ1) is 8.26. The third-order valence-electron chi connectivity index (χ3n) is 2.31. The van der Waals surface area contributed by atoms with Gasteiger partial charge in [-0.15, -0.1) is 11.3 Å². The molecule has 0 amide bonds. The summed E-state index contributed by atoms with van der Waals surface area (Å²) in [6.07, 6.45) is 0. The summed E-state index contributed by atoms with van der Waals surface area (Å²) in [4.78, 5) is 5.69. The SMILES string of the molecule is COCc1nc(-c2ccccc2Cl)sc1CS. The molecule has 2 nitrogen and oxygen atoms in total. The van der Waals surface area contributed by atoms with E-state index in [4.69, 9.17) is 16.3 Å². The molecule has 2 aromatic rings. The first-order valence-electron chi connectivity index (χ1n) is 5.09. The zero-order valence-electron chi connectivity index (χ0n) is 9.31. The van der Waals surface area contributed by atoms with Gasteiger partial charge in [-0.3, -0.25) is 0 Å². The summed E-state index contributed by atoms with van der Waals surface area (Å²) in [6.45, 7) is 0.511. The number of aromatic nitrogens is 1. The summed E-state index contributed by atoms with van der Waals surface area (Å²) in [5, 5.41) is 1.64. The number of halogens is 1. The average molecular weight is 286 g/mol. The summed E-state index contributed by atoms with van der Waals surface area (Å²) in [5.41, 5.74) is 1.91. The van der Waals surface area contributed by atoms with Gasteiger partial charge in [0, 0.05) is 23.3 Å². The van der Waals surface area contributed by atoms with Crippen molar-refractivity contribution >= 4 is 35.6 Å². The van der Waals surface area contributed by atoms with Gasteiger partial charge < -0.3 is 4.74 Å². The van der Waals surface area contributed by atoms with Gasteiger partial charge in [0.05, 0.1) is 17.3 Å². The average Bonchev–Trinajstić information content (AvgIpc) is 2.73. The fraction of sp³-hybridized carbons (Fsp3) is 0.250. The van der Waals surface area contributed by atoms with Crippen molar-refractivity contribution in [3.8, 4) is 10.6 Å². The number of hydrogen-bond donors (Lipinski definition) is 1. The van der Waals surface area contributed by atoms with E-state index in [0.29, 0.717) is 12.4 Å². The molecule has 0 aliphatic rings. The van der Waals surface area contributed by atoms with Gasteiger partial charge in [0.15, 0.2) is 0 Å². The van der Waals surface area contributed by atoms with E-state index in [2.05, 4.69) is 17.6 Å². The van der Waals surface area contributed by atoms with Gasteiger partial charge in [-0.2, -0.15) is 12.6 Å². The molecule has 90 valence electrons. The topological polar surface area (TPSA) is 22.1 Å². The molecule has 0 spiro atoms. The maximum absolute atomic E-state index is 6.16. The summed E-state index contributed by atoms with van der Waals surface area (Å²) >= 11 is 12.1. The van der Waals surface area contributed by atoms with E-state index in [1.54, 1.807) is 18.4 Å². The maximum atomic E-state index is 6.16. The highest BCUT2D eigenvalue weighted by atomic mass is 35.5. The van der Waals surface area contributed by atoms with Crippen LogP contribution >= 0.6 is 35.6 Å². The van der Waals surface area contributed by atoms with Crippen LogP contribution in [0.1, 0.15) is 10.6 Å². The van der Waals surface area contributed by atoms with E-state index in [1.807, 2.05) is 24.3 Å². The molecule has 0 radical (unpaired) electrons. The Labute approximate surface area is 115 Å². The lowest BCUT2D eigenvalue weighted by Gasteiger charge is -1.98. The van der Waals surface area contributed by atoms with Crippen LogP contribution in [0.25, 0.3) is 10.6 Å². The highest BCUT2D eigenvalue weighted by Gasteiger charge is 2.13. The molecule has 0 fully saturated rings. The van der Waals surface area contributed by atoms with E-state index >= 15 is 0 Å². The van der Waals surface area contributed by atoms with Crippen molar-refractivity contribution in [1.29, 1.82) is 0 Å². The lowest BCUT2D eigenvalue weighted by atomic mass is 10.2. The van der Waals surface area contributed by atoms with Crippen molar-refractivity contribution in [2.75, 3.05) is 7.11 Å². The van der Waals surface area contributed by atoms with Crippen LogP contribution < -0.4 is 0 Å². The van der Waals surface area contributed by atoms with E-state index in [-0.39, 0.29) is 0 Å². The number of methoxy groups -OCH3 is 1. The van der Waals surface area contributed by atoms with Crippen molar-refractivity contribution in [3.05, 3.63) is 39.9 Å². The second-order valence-electron chi connectivity index (χ2n) is 3.46. The minimum absolute atomic E-state index is 0.511. The lowest BCUT2D eigenvalue weighted by Crippen LogP contribution is -1.91. The fourth-order valence-electron chi connectivity index (χ4n) is 1.51. The van der Waals surface area contributed by atoms with Crippen molar-refractivity contribution in [3.63, 3.8) is 0 Å². The second kappa shape index (κ2) is 5.87. The molecule has 0 unspecified atom stereocenters. The molecule has 0 atom stereocenters. The van der Waals surface area contributed by atoms with Crippen LogP contribution in [-0.2, 0) is 17.1 Å². The van der Waals surface area contributed by atoms with Crippen molar-refractivity contribution < 1.29 is 4.74 Å². The lowest BCUT2D eigenvalue weighted by molar-refractivity contribution is 0.181. The molecule has 0 aliphatic carbocycles. The zero-order valence-corrected chi connectivity index (χ0v) is 11.8. The largest absolute Gasteiger partial charge is 0.378 e. The first kappa shape index (κ1) is 12.9. The molecule has 17 heavy (non-hydrogen) atoms. The Balaban J connectivity index is 2.43. The smallest absolute Gasteiger partial charge is 0.125 e. The number of thiazole rings is 1. The Morgan fingerprint density at radius 1 is 1.41 bits per heavy atom. The van der Waals surface area contributed by atoms with Gasteiger partial charge in [0.1, 0.15) is 5.01 Å². The molecule has 0 N–H and O–H groups in total. The predicted octanol–water partition coefficient (Wildman–Crippen LogP) is 4.04. The van der Waals surface area contributed by atoms with Gasteiger partial charge in [-0.25, -0.2) is 4.98 Å². The van der Waals surface area contributed by atoms with Gasteiger partial charge in [-0.05, 0) is 6.07 Å². The maximum Gasteiger partial charge on any atom is 0.125 e. The van der Waals surface area contributed by atoms with Crippen molar-refractivity contribution in [2.45, 2.75) is 12.4 Å². The predicted molar refractivity (Wildman–Crippen MR) is 76.0 cm³/mol.